The van der Waals surface area contributed by atoms with Crippen molar-refractivity contribution in [1.82, 2.24) is 4.90 Å². The van der Waals surface area contributed by atoms with E-state index in [0.29, 0.717) is 12.8 Å². The number of hydrogen-bond donors (Lipinski definition) is 1. The minimum absolute atomic E-state index is 0.0201. The summed E-state index contributed by atoms with van der Waals surface area (Å²) in [6.45, 7) is -0.0201. The van der Waals surface area contributed by atoms with Crippen LogP contribution >= 0.6 is 0 Å². The molecule has 1 N–H and O–H groups in total. The number of rotatable bonds is 6. The highest BCUT2D eigenvalue weighted by Crippen LogP contribution is 2.35. The third-order valence-corrected chi connectivity index (χ3v) is 4.83. The number of fused-ring (bicyclic) bond motifs is 1. The van der Waals surface area contributed by atoms with Crippen LogP contribution in [0.25, 0.3) is 0 Å². The predicted octanol–water partition coefficient (Wildman–Crippen LogP) is 1.88. The maximum Gasteiger partial charge on any atom is 0.271 e. The van der Waals surface area contributed by atoms with E-state index in [1.165, 1.54) is 25.3 Å². The van der Waals surface area contributed by atoms with Crippen LogP contribution in [0.5, 0.6) is 5.75 Å². The number of anilines is 1. The van der Waals surface area contributed by atoms with E-state index in [-0.39, 0.29) is 53.7 Å². The van der Waals surface area contributed by atoms with Gasteiger partial charge >= 0.3 is 0 Å². The van der Waals surface area contributed by atoms with Gasteiger partial charge in [0.15, 0.2) is 0 Å². The van der Waals surface area contributed by atoms with Crippen LogP contribution in [0.4, 0.5) is 11.4 Å². The monoisotopic (exact) mass is 373 g/mol. The highest BCUT2D eigenvalue weighted by Gasteiger charge is 2.46. The summed E-state index contributed by atoms with van der Waals surface area (Å²) in [6, 6.07) is 3.86. The van der Waals surface area contributed by atoms with Gasteiger partial charge in [-0.3, -0.25) is 29.4 Å². The van der Waals surface area contributed by atoms with Crippen LogP contribution in [0.1, 0.15) is 19.3 Å². The number of amides is 3. The molecular formula is C18H19N3O6. The third-order valence-electron chi connectivity index (χ3n) is 4.83. The van der Waals surface area contributed by atoms with Gasteiger partial charge in [-0.05, 0) is 18.9 Å². The fourth-order valence-corrected chi connectivity index (χ4v) is 3.42. The molecule has 27 heavy (non-hydrogen) atoms. The molecule has 0 aromatic heterocycles. The number of methoxy groups -OCH3 is 1. The van der Waals surface area contributed by atoms with Gasteiger partial charge in [0, 0.05) is 25.1 Å². The van der Waals surface area contributed by atoms with Crippen molar-refractivity contribution in [2.24, 2.45) is 11.8 Å². The molecule has 2 unspecified atom stereocenters. The van der Waals surface area contributed by atoms with Crippen molar-refractivity contribution in [2.75, 3.05) is 19.0 Å². The van der Waals surface area contributed by atoms with Gasteiger partial charge in [-0.15, -0.1) is 0 Å². The molecule has 2 atom stereocenters. The Hall–Kier alpha value is -3.23. The summed E-state index contributed by atoms with van der Waals surface area (Å²) < 4.78 is 5.09. The summed E-state index contributed by atoms with van der Waals surface area (Å²) in [5.74, 6) is -1.34. The number of carbonyl (C=O) groups is 3. The molecule has 0 saturated carbocycles. The van der Waals surface area contributed by atoms with Crippen molar-refractivity contribution in [1.29, 1.82) is 0 Å². The maximum atomic E-state index is 12.4. The first-order chi connectivity index (χ1) is 12.9. The lowest BCUT2D eigenvalue weighted by Gasteiger charge is -2.15. The second-order valence-electron chi connectivity index (χ2n) is 6.42. The molecule has 1 heterocycles. The van der Waals surface area contributed by atoms with Crippen molar-refractivity contribution in [3.8, 4) is 5.75 Å². The quantitative estimate of drug-likeness (QED) is 0.352. The van der Waals surface area contributed by atoms with E-state index >= 15 is 0 Å². The van der Waals surface area contributed by atoms with Crippen LogP contribution in [-0.4, -0.2) is 41.2 Å². The van der Waals surface area contributed by atoms with Crippen molar-refractivity contribution in [3.63, 3.8) is 0 Å². The van der Waals surface area contributed by atoms with E-state index in [1.807, 2.05) is 12.2 Å². The zero-order chi connectivity index (χ0) is 19.6. The Morgan fingerprint density at radius 3 is 2.44 bits per heavy atom. The third kappa shape index (κ3) is 3.67. The molecule has 0 radical (unpaired) electrons. The van der Waals surface area contributed by atoms with E-state index in [2.05, 4.69) is 5.32 Å². The van der Waals surface area contributed by atoms with E-state index in [4.69, 9.17) is 4.74 Å². The van der Waals surface area contributed by atoms with Crippen molar-refractivity contribution in [2.45, 2.75) is 19.3 Å². The Labute approximate surface area is 155 Å². The van der Waals surface area contributed by atoms with Gasteiger partial charge in [-0.2, -0.15) is 0 Å². The normalized spacial score (nSPS) is 21.1. The molecule has 0 spiro atoms. The van der Waals surface area contributed by atoms with Gasteiger partial charge in [0.1, 0.15) is 5.75 Å². The van der Waals surface area contributed by atoms with E-state index in [9.17, 15) is 24.5 Å². The number of hydrogen-bond acceptors (Lipinski definition) is 6. The highest BCUT2D eigenvalue weighted by molar-refractivity contribution is 6.06. The predicted molar refractivity (Wildman–Crippen MR) is 95.0 cm³/mol. The molecule has 9 nitrogen and oxygen atoms in total. The van der Waals surface area contributed by atoms with E-state index in [0.717, 1.165) is 4.90 Å². The van der Waals surface area contributed by atoms with Crippen molar-refractivity contribution in [3.05, 3.63) is 40.5 Å². The molecule has 142 valence electrons. The lowest BCUT2D eigenvalue weighted by atomic mass is 9.85. The first-order valence-corrected chi connectivity index (χ1v) is 8.55. The largest absolute Gasteiger partial charge is 0.495 e. The summed E-state index contributed by atoms with van der Waals surface area (Å²) in [6.07, 6.45) is 4.79. The first kappa shape index (κ1) is 18.6. The second-order valence-corrected chi connectivity index (χ2v) is 6.42. The lowest BCUT2D eigenvalue weighted by molar-refractivity contribution is -0.384. The SMILES string of the molecule is COc1ccc([N+](=O)[O-])cc1NC(=O)CCN1C(=O)C2CC=CCC2C1=O. The van der Waals surface area contributed by atoms with Crippen LogP contribution in [0.15, 0.2) is 30.4 Å². The zero-order valence-electron chi connectivity index (χ0n) is 14.7. The van der Waals surface area contributed by atoms with Crippen LogP contribution in [0.2, 0.25) is 0 Å². The number of benzene rings is 1. The summed E-state index contributed by atoms with van der Waals surface area (Å²) in [4.78, 5) is 48.5. The van der Waals surface area contributed by atoms with Crippen molar-refractivity contribution >= 4 is 29.1 Å². The number of nitrogens with zero attached hydrogens (tertiary/aromatic N) is 2. The Morgan fingerprint density at radius 1 is 1.26 bits per heavy atom. The smallest absolute Gasteiger partial charge is 0.271 e. The topological polar surface area (TPSA) is 119 Å². The van der Waals surface area contributed by atoms with Gasteiger partial charge in [0.25, 0.3) is 5.69 Å². The number of nitrogens with one attached hydrogen (secondary N) is 1. The fraction of sp³-hybridized carbons (Fsp3) is 0.389. The number of nitro groups is 1. The Bertz CT molecular complexity index is 808. The highest BCUT2D eigenvalue weighted by atomic mass is 16.6. The maximum absolute atomic E-state index is 12.4. The average molecular weight is 373 g/mol. The van der Waals surface area contributed by atoms with Crippen LogP contribution in [0.3, 0.4) is 0 Å². The summed E-state index contributed by atoms with van der Waals surface area (Å²) in [7, 11) is 1.38. The number of imide groups is 1. The first-order valence-electron chi connectivity index (χ1n) is 8.55. The summed E-state index contributed by atoms with van der Waals surface area (Å²) in [5, 5.41) is 13.4. The van der Waals surface area contributed by atoms with Gasteiger partial charge in [0.2, 0.25) is 17.7 Å². The Morgan fingerprint density at radius 2 is 1.89 bits per heavy atom. The molecule has 1 aliphatic heterocycles. The average Bonchev–Trinajstić information content (AvgIpc) is 2.91. The molecule has 3 amide bonds. The number of nitro benzene ring substituents is 1. The number of ether oxygens (including phenoxy) is 1. The fourth-order valence-electron chi connectivity index (χ4n) is 3.42. The zero-order valence-corrected chi connectivity index (χ0v) is 14.7. The minimum atomic E-state index is -0.577. The summed E-state index contributed by atoms with van der Waals surface area (Å²) in [5.41, 5.74) is -0.0266. The van der Waals surface area contributed by atoms with Gasteiger partial charge in [0.05, 0.1) is 29.6 Å². The Balaban J connectivity index is 1.64. The van der Waals surface area contributed by atoms with Crippen LogP contribution < -0.4 is 10.1 Å². The molecule has 9 heteroatoms. The molecule has 3 rings (SSSR count). The van der Waals surface area contributed by atoms with E-state index in [1.54, 1.807) is 0 Å². The molecule has 0 bridgehead atoms. The number of likely N-dealkylation sites (tertiary alicyclic amines) is 1. The van der Waals surface area contributed by atoms with Crippen LogP contribution in [0, 0.1) is 22.0 Å². The number of non-ortho nitro benzene ring substituents is 1. The number of carbonyl (C=O) groups excluding carboxylic acids is 3. The molecule has 2 aliphatic rings. The minimum Gasteiger partial charge on any atom is -0.495 e. The van der Waals surface area contributed by atoms with Crippen LogP contribution in [-0.2, 0) is 14.4 Å². The van der Waals surface area contributed by atoms with Gasteiger partial charge in [-0.1, -0.05) is 12.2 Å². The van der Waals surface area contributed by atoms with Gasteiger partial charge in [-0.25, -0.2) is 0 Å². The van der Waals surface area contributed by atoms with Gasteiger partial charge < -0.3 is 10.1 Å². The van der Waals surface area contributed by atoms with Crippen molar-refractivity contribution < 1.29 is 24.0 Å². The molecule has 1 aromatic rings. The molecule has 1 fully saturated rings. The summed E-state index contributed by atoms with van der Waals surface area (Å²) >= 11 is 0. The standard InChI is InChI=1S/C18H19N3O6/c1-27-15-7-6-11(21(25)26)10-14(15)19-16(22)8-9-20-17(23)12-4-2-3-5-13(12)18(20)24/h2-3,6-7,10,12-13H,4-5,8-9H2,1H3,(H,19,22). The Kier molecular flexibility index (Phi) is 5.20. The lowest BCUT2D eigenvalue weighted by Crippen LogP contribution is -2.34. The second kappa shape index (κ2) is 7.56. The molecule has 1 saturated heterocycles. The molecule has 1 aromatic carbocycles. The molecular weight excluding hydrogens is 354 g/mol. The van der Waals surface area contributed by atoms with E-state index < -0.39 is 10.8 Å². The molecule has 1 aliphatic carbocycles. The number of allylic oxidation sites excluding steroid dienone is 2.